The molecule has 40 heavy (non-hydrogen) atoms. The first kappa shape index (κ1) is 36.1. The summed E-state index contributed by atoms with van der Waals surface area (Å²) < 4.78 is 13.0. The zero-order valence-corrected chi connectivity index (χ0v) is 26.8. The van der Waals surface area contributed by atoms with E-state index >= 15 is 0 Å². The smallest absolute Gasteiger partial charge is 0.407 e. The predicted molar refractivity (Wildman–Crippen MR) is 167 cm³/mol. The highest BCUT2D eigenvalue weighted by molar-refractivity contribution is 7.07. The number of rotatable bonds is 26. The summed E-state index contributed by atoms with van der Waals surface area (Å²) in [6.07, 6.45) is 24.6. The minimum absolute atomic E-state index is 0.155. The van der Waals surface area contributed by atoms with E-state index in [0.717, 1.165) is 49.8 Å². The molecule has 0 aromatic carbocycles. The van der Waals surface area contributed by atoms with Crippen LogP contribution in [0, 0.1) is 0 Å². The molecule has 0 atom stereocenters. The minimum Gasteiger partial charge on any atom is -0.461 e. The first-order valence-corrected chi connectivity index (χ1v) is 17.1. The van der Waals surface area contributed by atoms with Gasteiger partial charge in [-0.15, -0.1) is 0 Å². The zero-order valence-electron chi connectivity index (χ0n) is 26.0. The third kappa shape index (κ3) is 21.9. The number of nitrogens with one attached hydrogen (secondary N) is 1. The summed E-state index contributed by atoms with van der Waals surface area (Å²) in [6.45, 7) is 8.22. The Morgan fingerprint density at radius 3 is 1.85 bits per heavy atom. The molecule has 1 aromatic heterocycles. The highest BCUT2D eigenvalue weighted by Gasteiger charge is 2.10. The number of unbranched alkanes of at least 4 members (excludes halogenated alkanes) is 16. The van der Waals surface area contributed by atoms with Crippen molar-refractivity contribution < 1.29 is 23.6 Å². The van der Waals surface area contributed by atoms with Crippen molar-refractivity contribution in [1.82, 2.24) is 5.32 Å². The topological polar surface area (TPSA) is 68.5 Å². The second-order valence-electron chi connectivity index (χ2n) is 11.3. The fourth-order valence-corrected chi connectivity index (χ4v) is 5.22. The van der Waals surface area contributed by atoms with Crippen LogP contribution in [0.4, 0.5) is 4.79 Å². The number of aryl methyl sites for hydroxylation is 1. The van der Waals surface area contributed by atoms with Crippen molar-refractivity contribution >= 4 is 23.4 Å². The van der Waals surface area contributed by atoms with Gasteiger partial charge < -0.3 is 14.8 Å². The summed E-state index contributed by atoms with van der Waals surface area (Å²) in [7, 11) is 0. The van der Waals surface area contributed by atoms with E-state index < -0.39 is 6.09 Å². The average molecular weight is 580 g/mol. The van der Waals surface area contributed by atoms with Crippen LogP contribution in [0.2, 0.25) is 0 Å². The largest absolute Gasteiger partial charge is 0.461 e. The number of amides is 1. The highest BCUT2D eigenvalue weighted by atomic mass is 32.1. The third-order valence-electron chi connectivity index (χ3n) is 7.37. The molecule has 1 rings (SSSR count). The van der Waals surface area contributed by atoms with E-state index in [1.807, 2.05) is 13.8 Å². The summed E-state index contributed by atoms with van der Waals surface area (Å²) in [4.78, 5) is 24.2. The number of hydrogen-bond acceptors (Lipinski definition) is 5. The first-order valence-electron chi connectivity index (χ1n) is 16.2. The molecule has 0 unspecified atom stereocenters. The molecule has 0 aliphatic rings. The molecule has 1 N–H and O–H groups in total. The SMILES string of the molecule is CCCCCCCCCCCCCCCNC(=O)OCC(COC(=O)CCCCCCC[n+]1ccsc1)=C(C)C. The van der Waals surface area contributed by atoms with Crippen molar-refractivity contribution in [2.75, 3.05) is 19.8 Å². The van der Waals surface area contributed by atoms with E-state index in [0.29, 0.717) is 13.0 Å². The summed E-state index contributed by atoms with van der Waals surface area (Å²) >= 11 is 1.72. The number of esters is 1. The predicted octanol–water partition coefficient (Wildman–Crippen LogP) is 9.07. The number of hydrogen-bond donors (Lipinski definition) is 1. The Bertz CT molecular complexity index is 775. The van der Waals surface area contributed by atoms with Crippen LogP contribution in [0.3, 0.4) is 0 Å². The van der Waals surface area contributed by atoms with E-state index in [4.69, 9.17) is 9.47 Å². The standard InChI is InChI=1S/C33H58N2O4S/c1-4-5-6-7-8-9-10-11-12-13-14-17-20-23-34-33(37)39-28-31(30(2)3)27-38-32(36)22-19-16-15-18-21-24-35-25-26-40-29-35/h25-26,29H,4-24,27-28H2,1-3H3/p+1. The number of carbonyl (C=O) groups is 2. The molecule has 0 spiro atoms. The Kier molecular flexibility index (Phi) is 23.5. The maximum absolute atomic E-state index is 12.1. The molecule has 7 heteroatoms. The Hall–Kier alpha value is -1.89. The van der Waals surface area contributed by atoms with E-state index in [9.17, 15) is 9.59 Å². The number of ether oxygens (including phenoxy) is 2. The van der Waals surface area contributed by atoms with Crippen molar-refractivity contribution in [2.24, 2.45) is 0 Å². The number of carbonyl (C=O) groups excluding carboxylic acids is 2. The number of aromatic nitrogens is 1. The average Bonchev–Trinajstić information content (AvgIpc) is 3.46. The lowest BCUT2D eigenvalue weighted by atomic mass is 10.0. The van der Waals surface area contributed by atoms with E-state index in [1.165, 1.54) is 83.5 Å². The van der Waals surface area contributed by atoms with Crippen LogP contribution >= 0.6 is 11.3 Å². The molecule has 0 saturated carbocycles. The molecule has 1 heterocycles. The molecule has 0 fully saturated rings. The molecule has 1 amide bonds. The van der Waals surface area contributed by atoms with Crippen LogP contribution in [0.1, 0.15) is 143 Å². The summed E-state index contributed by atoms with van der Waals surface area (Å²) in [6, 6.07) is 0. The zero-order chi connectivity index (χ0) is 29.1. The summed E-state index contributed by atoms with van der Waals surface area (Å²) in [5.74, 6) is -0.181. The molecular formula is C33H59N2O4S+. The van der Waals surface area contributed by atoms with Crippen molar-refractivity contribution in [2.45, 2.75) is 149 Å². The Morgan fingerprint density at radius 2 is 1.27 bits per heavy atom. The number of allylic oxidation sites excluding steroid dienone is 1. The summed E-state index contributed by atoms with van der Waals surface area (Å²) in [5.41, 5.74) is 3.99. The molecule has 0 saturated heterocycles. The van der Waals surface area contributed by atoms with Crippen LogP contribution < -0.4 is 9.88 Å². The van der Waals surface area contributed by atoms with Gasteiger partial charge in [0, 0.05) is 25.0 Å². The highest BCUT2D eigenvalue weighted by Crippen LogP contribution is 2.13. The Morgan fingerprint density at radius 1 is 0.725 bits per heavy atom. The Labute approximate surface area is 249 Å². The molecule has 0 aliphatic carbocycles. The van der Waals surface area contributed by atoms with E-state index in [2.05, 4.69) is 33.9 Å². The molecule has 0 bridgehead atoms. The van der Waals surface area contributed by atoms with Gasteiger partial charge in [0.2, 0.25) is 5.51 Å². The van der Waals surface area contributed by atoms with Gasteiger partial charge in [-0.2, -0.15) is 4.57 Å². The second kappa shape index (κ2) is 26.0. The van der Waals surface area contributed by atoms with Crippen LogP contribution in [0.15, 0.2) is 28.2 Å². The van der Waals surface area contributed by atoms with Crippen LogP contribution in [0.5, 0.6) is 0 Å². The van der Waals surface area contributed by atoms with Gasteiger partial charge >= 0.3 is 12.1 Å². The molecular weight excluding hydrogens is 520 g/mol. The lowest BCUT2D eigenvalue weighted by Crippen LogP contribution is -2.29. The molecule has 0 radical (unpaired) electrons. The quantitative estimate of drug-likeness (QED) is 0.0514. The molecule has 1 aromatic rings. The lowest BCUT2D eigenvalue weighted by Gasteiger charge is -2.12. The van der Waals surface area contributed by atoms with Crippen LogP contribution in [-0.2, 0) is 20.8 Å². The number of alkyl carbamates (subject to hydrolysis) is 1. The van der Waals surface area contributed by atoms with E-state index in [1.54, 1.807) is 11.3 Å². The van der Waals surface area contributed by atoms with E-state index in [-0.39, 0.29) is 19.2 Å². The molecule has 6 nitrogen and oxygen atoms in total. The lowest BCUT2D eigenvalue weighted by molar-refractivity contribution is -0.692. The number of nitrogens with zero attached hydrogens (tertiary/aromatic N) is 1. The minimum atomic E-state index is -0.401. The van der Waals surface area contributed by atoms with Crippen molar-refractivity contribution in [3.05, 3.63) is 28.2 Å². The first-order chi connectivity index (χ1) is 19.5. The van der Waals surface area contributed by atoms with Gasteiger partial charge in [-0.05, 0) is 33.1 Å². The normalized spacial score (nSPS) is 10.9. The van der Waals surface area contributed by atoms with Gasteiger partial charge in [-0.25, -0.2) is 4.79 Å². The van der Waals surface area contributed by atoms with Crippen molar-refractivity contribution in [3.8, 4) is 0 Å². The van der Waals surface area contributed by atoms with Gasteiger partial charge in [0.15, 0.2) is 6.20 Å². The monoisotopic (exact) mass is 579 g/mol. The number of thiazole rings is 1. The molecule has 230 valence electrons. The fourth-order valence-electron chi connectivity index (χ4n) is 4.59. The van der Waals surface area contributed by atoms with Crippen molar-refractivity contribution in [3.63, 3.8) is 0 Å². The Balaban J connectivity index is 1.96. The van der Waals surface area contributed by atoms with Gasteiger partial charge in [0.25, 0.3) is 0 Å². The second-order valence-corrected chi connectivity index (χ2v) is 12.0. The maximum Gasteiger partial charge on any atom is 0.407 e. The third-order valence-corrected chi connectivity index (χ3v) is 8.04. The fraction of sp³-hybridized carbons (Fsp3) is 0.788. The van der Waals surface area contributed by atoms with Gasteiger partial charge in [-0.3, -0.25) is 4.79 Å². The maximum atomic E-state index is 12.1. The van der Waals surface area contributed by atoms with Gasteiger partial charge in [-0.1, -0.05) is 114 Å². The summed E-state index contributed by atoms with van der Waals surface area (Å²) in [5, 5.41) is 4.94. The van der Waals surface area contributed by atoms with Crippen molar-refractivity contribution in [1.29, 1.82) is 0 Å². The van der Waals surface area contributed by atoms with Crippen LogP contribution in [0.25, 0.3) is 0 Å². The van der Waals surface area contributed by atoms with Gasteiger partial charge in [0.05, 0.1) is 5.38 Å². The van der Waals surface area contributed by atoms with Crippen LogP contribution in [-0.4, -0.2) is 31.8 Å². The molecule has 0 aliphatic heterocycles. The van der Waals surface area contributed by atoms with Gasteiger partial charge in [0.1, 0.15) is 19.8 Å².